The van der Waals surface area contributed by atoms with Gasteiger partial charge >= 0.3 is 5.69 Å². The normalized spacial score (nSPS) is 17.9. The predicted octanol–water partition coefficient (Wildman–Crippen LogP) is 7.53. The van der Waals surface area contributed by atoms with Crippen molar-refractivity contribution in [1.82, 2.24) is 14.2 Å². The summed E-state index contributed by atoms with van der Waals surface area (Å²) in [6, 6.07) is 28.0. The highest BCUT2D eigenvalue weighted by atomic mass is 31.2. The van der Waals surface area contributed by atoms with Crippen molar-refractivity contribution in [1.29, 1.82) is 5.26 Å². The second kappa shape index (κ2) is 18.8. The van der Waals surface area contributed by atoms with E-state index in [1.807, 2.05) is 85.8 Å². The molecule has 2 heterocycles. The molecular formula is C41H51N4O8P. The van der Waals surface area contributed by atoms with Crippen molar-refractivity contribution in [3.63, 3.8) is 0 Å². The van der Waals surface area contributed by atoms with Crippen LogP contribution in [0, 0.1) is 18.3 Å². The number of aryl methyl sites for hydroxylation is 1. The summed E-state index contributed by atoms with van der Waals surface area (Å²) in [6.45, 7) is 10.5. The number of hydrogen-bond donors (Lipinski definition) is 0. The molecule has 0 saturated carbocycles. The Balaban J connectivity index is 1.60. The van der Waals surface area contributed by atoms with Gasteiger partial charge in [-0.3, -0.25) is 4.57 Å². The van der Waals surface area contributed by atoms with Gasteiger partial charge in [0.15, 0.2) is 0 Å². The quantitative estimate of drug-likeness (QED) is 0.0568. The zero-order valence-corrected chi connectivity index (χ0v) is 33.2. The van der Waals surface area contributed by atoms with Crippen LogP contribution < -0.4 is 19.9 Å². The van der Waals surface area contributed by atoms with Crippen LogP contribution in [0.4, 0.5) is 0 Å². The van der Waals surface area contributed by atoms with Gasteiger partial charge in [0.1, 0.15) is 29.4 Å². The molecule has 1 fully saturated rings. The Labute approximate surface area is 319 Å². The van der Waals surface area contributed by atoms with E-state index in [9.17, 15) is 10.1 Å². The van der Waals surface area contributed by atoms with Gasteiger partial charge in [-0.25, -0.2) is 9.46 Å². The van der Waals surface area contributed by atoms with Crippen molar-refractivity contribution in [3.05, 3.63) is 118 Å². The van der Waals surface area contributed by atoms with Crippen molar-refractivity contribution in [2.75, 3.05) is 34.5 Å². The van der Waals surface area contributed by atoms with Gasteiger partial charge in [-0.05, 0) is 75.6 Å². The molecule has 288 valence electrons. The van der Waals surface area contributed by atoms with Gasteiger partial charge in [-0.2, -0.15) is 10.2 Å². The first-order valence-corrected chi connectivity index (χ1v) is 19.2. The number of methoxy groups -OCH3 is 3. The van der Waals surface area contributed by atoms with E-state index in [-0.39, 0.29) is 37.6 Å². The van der Waals surface area contributed by atoms with Crippen molar-refractivity contribution >= 4 is 8.53 Å². The Bertz CT molecular complexity index is 1830. The molecule has 4 aromatic rings. The lowest BCUT2D eigenvalue weighted by Gasteiger charge is -2.39. The average molecular weight is 759 g/mol. The van der Waals surface area contributed by atoms with Gasteiger partial charge in [0.25, 0.3) is 8.53 Å². The smallest absolute Gasteiger partial charge is 0.352 e. The van der Waals surface area contributed by atoms with E-state index in [1.165, 1.54) is 11.7 Å². The lowest BCUT2D eigenvalue weighted by atomic mass is 9.80. The zero-order valence-electron chi connectivity index (χ0n) is 32.3. The first-order valence-electron chi connectivity index (χ1n) is 18.1. The standard InChI is InChI=1S/C41H51N4O8P/c1-28(2)45(29(3)4)54(51-24-12-23-42)53-36-25-38(44-26-30(5)39(49-8)43-40(44)46)52-37(36)27-50-41(31-13-10-9-11-14-31,32-15-19-34(47-6)20-16-32)33-17-21-35(48-7)22-18-33/h9-11,13-22,26,28-29,36-38H,12,24-25,27H2,1-8H3/t36-,37-,38-,54?/m1/s1. The Hall–Kier alpha value is -4.34. The molecule has 3 aromatic carbocycles. The molecule has 0 radical (unpaired) electrons. The van der Waals surface area contributed by atoms with Crippen molar-refractivity contribution in [2.24, 2.45) is 0 Å². The number of hydrogen-bond acceptors (Lipinski definition) is 11. The van der Waals surface area contributed by atoms with Crippen LogP contribution in [-0.2, 0) is 24.1 Å². The lowest BCUT2D eigenvalue weighted by molar-refractivity contribution is -0.0926. The molecule has 1 saturated heterocycles. The second-order valence-electron chi connectivity index (χ2n) is 13.5. The summed E-state index contributed by atoms with van der Waals surface area (Å²) >= 11 is 0. The van der Waals surface area contributed by atoms with Crippen LogP contribution in [0.1, 0.15) is 69.0 Å². The van der Waals surface area contributed by atoms with Crippen LogP contribution in [0.25, 0.3) is 0 Å². The highest BCUT2D eigenvalue weighted by Gasteiger charge is 2.45. The topological polar surface area (TPSA) is 127 Å². The zero-order chi connectivity index (χ0) is 38.8. The van der Waals surface area contributed by atoms with Crippen molar-refractivity contribution in [2.45, 2.75) is 83.6 Å². The number of nitrogens with zero attached hydrogens (tertiary/aromatic N) is 4. The summed E-state index contributed by atoms with van der Waals surface area (Å²) in [6.07, 6.45) is 0.284. The SMILES string of the molecule is COc1ccc(C(OC[C@H]2O[C@@H](n3cc(C)c(OC)nc3=O)C[C@H]2OP(OCCC#N)N(C(C)C)C(C)C)(c2ccccc2)c2ccc(OC)cc2)cc1. The molecule has 13 heteroatoms. The van der Waals surface area contributed by atoms with E-state index in [4.69, 9.17) is 32.7 Å². The van der Waals surface area contributed by atoms with Crippen LogP contribution >= 0.6 is 8.53 Å². The fourth-order valence-corrected chi connectivity index (χ4v) is 8.55. The molecule has 0 amide bonds. The van der Waals surface area contributed by atoms with Crippen LogP contribution in [0.15, 0.2) is 89.9 Å². The second-order valence-corrected chi connectivity index (χ2v) is 14.9. The van der Waals surface area contributed by atoms with Crippen molar-refractivity contribution < 1.29 is 32.7 Å². The van der Waals surface area contributed by atoms with Gasteiger partial charge < -0.3 is 32.7 Å². The maximum atomic E-state index is 13.4. The Morgan fingerprint density at radius 2 is 1.48 bits per heavy atom. The third kappa shape index (κ3) is 9.12. The van der Waals surface area contributed by atoms with E-state index in [0.29, 0.717) is 23.5 Å². The number of rotatable bonds is 18. The summed E-state index contributed by atoms with van der Waals surface area (Å²) in [7, 11) is 3.11. The summed E-state index contributed by atoms with van der Waals surface area (Å²) in [5.41, 5.74) is 1.70. The number of benzene rings is 3. The van der Waals surface area contributed by atoms with Crippen LogP contribution in [-0.4, -0.2) is 73.1 Å². The highest BCUT2D eigenvalue weighted by Crippen LogP contribution is 2.50. The largest absolute Gasteiger partial charge is 0.497 e. The Morgan fingerprint density at radius 1 is 0.907 bits per heavy atom. The summed E-state index contributed by atoms with van der Waals surface area (Å²) in [5, 5.41) is 9.32. The lowest BCUT2D eigenvalue weighted by Crippen LogP contribution is -2.39. The van der Waals surface area contributed by atoms with Gasteiger partial charge in [0.2, 0.25) is 5.88 Å². The molecular weight excluding hydrogens is 707 g/mol. The van der Waals surface area contributed by atoms with E-state index in [1.54, 1.807) is 20.4 Å². The molecule has 0 aliphatic carbocycles. The van der Waals surface area contributed by atoms with Crippen LogP contribution in [0.3, 0.4) is 0 Å². The maximum absolute atomic E-state index is 13.4. The van der Waals surface area contributed by atoms with E-state index in [2.05, 4.69) is 43.4 Å². The highest BCUT2D eigenvalue weighted by molar-refractivity contribution is 7.44. The third-order valence-corrected chi connectivity index (χ3v) is 11.5. The molecule has 1 aliphatic heterocycles. The van der Waals surface area contributed by atoms with Gasteiger partial charge in [0.05, 0.1) is 53.1 Å². The van der Waals surface area contributed by atoms with E-state index >= 15 is 0 Å². The average Bonchev–Trinajstić information content (AvgIpc) is 3.58. The summed E-state index contributed by atoms with van der Waals surface area (Å²) < 4.78 is 47.3. The molecule has 12 nitrogen and oxygen atoms in total. The number of aromatic nitrogens is 2. The summed E-state index contributed by atoms with van der Waals surface area (Å²) in [5.74, 6) is 1.68. The molecule has 4 atom stereocenters. The van der Waals surface area contributed by atoms with Crippen LogP contribution in [0.5, 0.6) is 17.4 Å². The predicted molar refractivity (Wildman–Crippen MR) is 207 cm³/mol. The van der Waals surface area contributed by atoms with Gasteiger partial charge in [-0.15, -0.1) is 0 Å². The molecule has 54 heavy (non-hydrogen) atoms. The maximum Gasteiger partial charge on any atom is 0.352 e. The minimum absolute atomic E-state index is 0.0656. The summed E-state index contributed by atoms with van der Waals surface area (Å²) in [4.78, 5) is 17.5. The number of ether oxygens (including phenoxy) is 5. The molecule has 5 rings (SSSR count). The first kappa shape index (κ1) is 40.8. The molecule has 0 bridgehead atoms. The van der Waals surface area contributed by atoms with Gasteiger partial charge in [-0.1, -0.05) is 54.6 Å². The first-order chi connectivity index (χ1) is 26.1. The fraction of sp³-hybridized carbons (Fsp3) is 0.439. The Morgan fingerprint density at radius 3 is 2.00 bits per heavy atom. The molecule has 0 N–H and O–H groups in total. The minimum Gasteiger partial charge on any atom is -0.497 e. The Kier molecular flexibility index (Phi) is 14.2. The minimum atomic E-state index is -1.65. The number of nitriles is 1. The van der Waals surface area contributed by atoms with E-state index in [0.717, 1.165) is 16.7 Å². The molecule has 1 aliphatic rings. The van der Waals surface area contributed by atoms with E-state index < -0.39 is 38.3 Å². The molecule has 1 aromatic heterocycles. The monoisotopic (exact) mass is 758 g/mol. The fourth-order valence-electron chi connectivity index (χ4n) is 6.79. The van der Waals surface area contributed by atoms with Crippen molar-refractivity contribution in [3.8, 4) is 23.4 Å². The molecule has 0 spiro atoms. The van der Waals surface area contributed by atoms with Gasteiger partial charge in [0, 0.05) is 30.3 Å². The third-order valence-electron chi connectivity index (χ3n) is 9.30. The molecule has 1 unspecified atom stereocenters. The van der Waals surface area contributed by atoms with Crippen LogP contribution in [0.2, 0.25) is 0 Å².